The van der Waals surface area contributed by atoms with E-state index in [0.29, 0.717) is 11.5 Å². The molecule has 3 heterocycles. The molecule has 8 heteroatoms. The van der Waals surface area contributed by atoms with Crippen LogP contribution in [0.15, 0.2) is 53.5 Å². The van der Waals surface area contributed by atoms with Crippen molar-refractivity contribution in [2.24, 2.45) is 0 Å². The molecule has 126 valence electrons. The number of para-hydroxylation sites is 1. The molecule has 0 amide bonds. The van der Waals surface area contributed by atoms with Crippen LogP contribution in [0, 0.1) is 5.82 Å². The monoisotopic (exact) mass is 400 g/mol. The number of halogens is 2. The van der Waals surface area contributed by atoms with Crippen molar-refractivity contribution in [1.29, 1.82) is 0 Å². The van der Waals surface area contributed by atoms with Crippen molar-refractivity contribution < 1.29 is 4.39 Å². The highest BCUT2D eigenvalue weighted by atomic mass is 79.9. The second-order valence-corrected chi connectivity index (χ2v) is 6.57. The van der Waals surface area contributed by atoms with E-state index in [4.69, 9.17) is 5.73 Å². The molecular weight excluding hydrogens is 387 g/mol. The van der Waals surface area contributed by atoms with Crippen molar-refractivity contribution in [3.05, 3.63) is 70.6 Å². The molecule has 4 rings (SSSR count). The Morgan fingerprint density at radius 1 is 1.24 bits per heavy atom. The summed E-state index contributed by atoms with van der Waals surface area (Å²) in [5, 5.41) is 8.59. The summed E-state index contributed by atoms with van der Waals surface area (Å²) in [6.45, 7) is 2.04. The molecule has 1 aromatic carbocycles. The number of nitrogen functional groups attached to an aromatic ring is 1. The van der Waals surface area contributed by atoms with Gasteiger partial charge in [-0.3, -0.25) is 0 Å². The Labute approximate surface area is 151 Å². The van der Waals surface area contributed by atoms with Crippen LogP contribution in [0.1, 0.15) is 24.1 Å². The van der Waals surface area contributed by atoms with E-state index in [9.17, 15) is 4.39 Å². The maximum absolute atomic E-state index is 14.0. The third kappa shape index (κ3) is 2.58. The number of fused-ring (bicyclic) bond motifs is 1. The van der Waals surface area contributed by atoms with Gasteiger partial charge >= 0.3 is 0 Å². The third-order valence-electron chi connectivity index (χ3n) is 4.21. The fourth-order valence-corrected chi connectivity index (χ4v) is 3.46. The van der Waals surface area contributed by atoms with Crippen LogP contribution in [0.2, 0.25) is 0 Å². The summed E-state index contributed by atoms with van der Waals surface area (Å²) in [6.07, 6.45) is 4.98. The minimum atomic E-state index is -0.318. The number of hydrogen-bond acceptors (Lipinski definition) is 4. The summed E-state index contributed by atoms with van der Waals surface area (Å²) < 4.78 is 18.1. The van der Waals surface area contributed by atoms with Crippen LogP contribution < -0.4 is 5.73 Å². The second kappa shape index (κ2) is 5.96. The molecule has 6 nitrogen and oxygen atoms in total. The minimum absolute atomic E-state index is 0.0198. The van der Waals surface area contributed by atoms with Crippen LogP contribution in [0.4, 0.5) is 10.2 Å². The van der Waals surface area contributed by atoms with Gasteiger partial charge in [-0.05, 0) is 39.7 Å². The maximum atomic E-state index is 14.0. The van der Waals surface area contributed by atoms with Crippen molar-refractivity contribution in [3.8, 4) is 5.69 Å². The van der Waals surface area contributed by atoms with Gasteiger partial charge in [0.15, 0.2) is 5.82 Å². The predicted octanol–water partition coefficient (Wildman–Crippen LogP) is 3.55. The molecule has 25 heavy (non-hydrogen) atoms. The fraction of sp³-hybridized carbons (Fsp3) is 0.118. The van der Waals surface area contributed by atoms with Gasteiger partial charge in [-0.2, -0.15) is 10.2 Å². The number of rotatable bonds is 3. The van der Waals surface area contributed by atoms with E-state index in [1.54, 1.807) is 28.9 Å². The number of hydrogen-bond donors (Lipinski definition) is 1. The lowest BCUT2D eigenvalue weighted by Gasteiger charge is -2.09. The predicted molar refractivity (Wildman–Crippen MR) is 96.1 cm³/mol. The molecule has 0 saturated heterocycles. The van der Waals surface area contributed by atoms with Crippen LogP contribution in [0.3, 0.4) is 0 Å². The first kappa shape index (κ1) is 15.8. The summed E-state index contributed by atoms with van der Waals surface area (Å²) >= 11 is 3.51. The first-order valence-electron chi connectivity index (χ1n) is 7.63. The molecule has 0 saturated carbocycles. The molecule has 4 aromatic rings. The number of nitrogens with two attached hydrogens (primary N) is 1. The molecule has 0 bridgehead atoms. The molecule has 0 aliphatic carbocycles. The highest BCUT2D eigenvalue weighted by Gasteiger charge is 2.19. The summed E-state index contributed by atoms with van der Waals surface area (Å²) in [4.78, 5) is 4.02. The van der Waals surface area contributed by atoms with Crippen molar-refractivity contribution in [1.82, 2.24) is 24.4 Å². The fourth-order valence-electron chi connectivity index (χ4n) is 2.85. The zero-order valence-electron chi connectivity index (χ0n) is 13.3. The lowest BCUT2D eigenvalue weighted by Crippen LogP contribution is -2.05. The molecule has 1 atom stereocenters. The SMILES string of the molecule is CC(c1cnn(-c2ccccc2F)c1)c1cc(Br)c2c(N)ncnn12. The number of aromatic nitrogens is 5. The van der Waals surface area contributed by atoms with E-state index in [1.807, 2.05) is 19.2 Å². The maximum Gasteiger partial charge on any atom is 0.152 e. The Balaban J connectivity index is 1.77. The average molecular weight is 401 g/mol. The van der Waals surface area contributed by atoms with Crippen molar-refractivity contribution in [2.45, 2.75) is 12.8 Å². The molecule has 0 aliphatic heterocycles. The normalized spacial score (nSPS) is 12.6. The van der Waals surface area contributed by atoms with Gasteiger partial charge in [0.1, 0.15) is 23.3 Å². The summed E-state index contributed by atoms with van der Waals surface area (Å²) in [5.41, 5.74) is 8.96. The largest absolute Gasteiger partial charge is 0.382 e. The van der Waals surface area contributed by atoms with Crippen LogP contribution in [-0.4, -0.2) is 24.4 Å². The zero-order chi connectivity index (χ0) is 17.6. The van der Waals surface area contributed by atoms with E-state index in [-0.39, 0.29) is 11.7 Å². The molecule has 1 unspecified atom stereocenters. The molecule has 0 aliphatic rings. The Bertz CT molecular complexity index is 1070. The van der Waals surface area contributed by atoms with Gasteiger partial charge in [-0.1, -0.05) is 19.1 Å². The van der Waals surface area contributed by atoms with Crippen LogP contribution in [0.5, 0.6) is 0 Å². The Morgan fingerprint density at radius 2 is 2.04 bits per heavy atom. The van der Waals surface area contributed by atoms with Gasteiger partial charge in [0.25, 0.3) is 0 Å². The number of nitrogens with zero attached hydrogens (tertiary/aromatic N) is 5. The van der Waals surface area contributed by atoms with Crippen LogP contribution >= 0.6 is 15.9 Å². The lowest BCUT2D eigenvalue weighted by atomic mass is 10.0. The van der Waals surface area contributed by atoms with Crippen molar-refractivity contribution in [3.63, 3.8) is 0 Å². The van der Waals surface area contributed by atoms with Crippen molar-refractivity contribution in [2.75, 3.05) is 5.73 Å². The van der Waals surface area contributed by atoms with E-state index in [0.717, 1.165) is 21.2 Å². The zero-order valence-corrected chi connectivity index (χ0v) is 14.9. The highest BCUT2D eigenvalue weighted by molar-refractivity contribution is 9.10. The van der Waals surface area contributed by atoms with E-state index < -0.39 is 0 Å². The van der Waals surface area contributed by atoms with E-state index in [1.165, 1.54) is 17.1 Å². The Morgan fingerprint density at radius 3 is 2.84 bits per heavy atom. The van der Waals surface area contributed by atoms with E-state index in [2.05, 4.69) is 31.1 Å². The molecule has 2 N–H and O–H groups in total. The number of benzene rings is 1. The van der Waals surface area contributed by atoms with Gasteiger partial charge in [0.2, 0.25) is 0 Å². The van der Waals surface area contributed by atoms with Gasteiger partial charge in [-0.25, -0.2) is 18.6 Å². The topological polar surface area (TPSA) is 74.0 Å². The van der Waals surface area contributed by atoms with E-state index >= 15 is 0 Å². The van der Waals surface area contributed by atoms with Gasteiger partial charge in [-0.15, -0.1) is 0 Å². The Kier molecular flexibility index (Phi) is 3.76. The first-order valence-corrected chi connectivity index (χ1v) is 8.42. The lowest BCUT2D eigenvalue weighted by molar-refractivity contribution is 0.611. The van der Waals surface area contributed by atoms with Gasteiger partial charge in [0.05, 0.1) is 11.9 Å². The average Bonchev–Trinajstić information content (AvgIpc) is 3.21. The molecular formula is C17H14BrFN6. The smallest absolute Gasteiger partial charge is 0.152 e. The third-order valence-corrected chi connectivity index (χ3v) is 4.81. The summed E-state index contributed by atoms with van der Waals surface area (Å²) in [7, 11) is 0. The standard InChI is InChI=1S/C17H14BrFN6/c1-10(15-6-12(18)16-17(20)21-9-23-25(15)16)11-7-22-24(8-11)14-5-3-2-4-13(14)19/h2-10H,1H3,(H2,20,21,23). The summed E-state index contributed by atoms with van der Waals surface area (Å²) in [5.74, 6) is 0.0669. The Hall–Kier alpha value is -2.74. The minimum Gasteiger partial charge on any atom is -0.382 e. The number of anilines is 1. The van der Waals surface area contributed by atoms with Crippen LogP contribution in [-0.2, 0) is 0 Å². The second-order valence-electron chi connectivity index (χ2n) is 5.71. The molecule has 3 aromatic heterocycles. The van der Waals surface area contributed by atoms with Crippen LogP contribution in [0.25, 0.3) is 11.2 Å². The van der Waals surface area contributed by atoms with Gasteiger partial charge in [0, 0.05) is 16.6 Å². The molecule has 0 radical (unpaired) electrons. The quantitative estimate of drug-likeness (QED) is 0.570. The highest BCUT2D eigenvalue weighted by Crippen LogP contribution is 2.32. The van der Waals surface area contributed by atoms with Crippen molar-refractivity contribution >= 4 is 27.3 Å². The van der Waals surface area contributed by atoms with Gasteiger partial charge < -0.3 is 5.73 Å². The molecule has 0 spiro atoms. The molecule has 0 fully saturated rings. The first-order chi connectivity index (χ1) is 12.1. The summed E-state index contributed by atoms with van der Waals surface area (Å²) in [6, 6.07) is 8.50.